The Labute approximate surface area is 160 Å². The van der Waals surface area contributed by atoms with E-state index in [-0.39, 0.29) is 5.69 Å². The number of fused-ring (bicyclic) bond motifs is 2. The zero-order valence-corrected chi connectivity index (χ0v) is 15.1. The van der Waals surface area contributed by atoms with Crippen LogP contribution in [-0.2, 0) is 0 Å². The van der Waals surface area contributed by atoms with Crippen LogP contribution in [0.4, 0.5) is 0 Å². The molecule has 0 radical (unpaired) electrons. The van der Waals surface area contributed by atoms with Gasteiger partial charge in [-0.05, 0) is 35.9 Å². The van der Waals surface area contributed by atoms with Gasteiger partial charge in [0.1, 0.15) is 11.3 Å². The number of rotatable bonds is 3. The number of hydrogen-bond donors (Lipinski definition) is 1. The standard InChI is InChI=1S/C22H16N4O2/c1-28-19-10-12-23-18-8-7-15(13-17(18)19)26-20-16(14-5-3-2-4-6-14)9-11-24-21(20)25-22(26)27/h2-13H,1H3,(H,24,25,27). The first kappa shape index (κ1) is 16.3. The van der Waals surface area contributed by atoms with Gasteiger partial charge < -0.3 is 4.74 Å². The van der Waals surface area contributed by atoms with Crippen molar-refractivity contribution in [3.63, 3.8) is 0 Å². The van der Waals surface area contributed by atoms with E-state index in [1.165, 1.54) is 0 Å². The maximum Gasteiger partial charge on any atom is 0.332 e. The molecule has 0 aliphatic heterocycles. The third-order valence-corrected chi connectivity index (χ3v) is 4.82. The molecule has 0 bridgehead atoms. The third kappa shape index (κ3) is 2.46. The summed E-state index contributed by atoms with van der Waals surface area (Å²) in [5, 5.41) is 0.842. The highest BCUT2D eigenvalue weighted by Gasteiger charge is 2.16. The summed E-state index contributed by atoms with van der Waals surface area (Å²) < 4.78 is 7.11. The molecule has 28 heavy (non-hydrogen) atoms. The molecule has 0 amide bonds. The van der Waals surface area contributed by atoms with Gasteiger partial charge in [0.25, 0.3) is 0 Å². The number of aromatic nitrogens is 4. The minimum atomic E-state index is -0.243. The summed E-state index contributed by atoms with van der Waals surface area (Å²) >= 11 is 0. The molecule has 136 valence electrons. The zero-order valence-electron chi connectivity index (χ0n) is 15.1. The smallest absolute Gasteiger partial charge is 0.332 e. The van der Waals surface area contributed by atoms with Gasteiger partial charge >= 0.3 is 5.69 Å². The van der Waals surface area contributed by atoms with Crippen LogP contribution in [0.2, 0.25) is 0 Å². The Morgan fingerprint density at radius 3 is 2.61 bits per heavy atom. The van der Waals surface area contributed by atoms with Crippen LogP contribution < -0.4 is 10.4 Å². The lowest BCUT2D eigenvalue weighted by molar-refractivity contribution is 0.419. The van der Waals surface area contributed by atoms with Gasteiger partial charge in [-0.3, -0.25) is 14.5 Å². The van der Waals surface area contributed by atoms with Crippen LogP contribution in [-0.4, -0.2) is 26.6 Å². The van der Waals surface area contributed by atoms with Crippen LogP contribution >= 0.6 is 0 Å². The van der Waals surface area contributed by atoms with Crippen LogP contribution in [0.15, 0.2) is 77.9 Å². The number of hydrogen-bond acceptors (Lipinski definition) is 4. The summed E-state index contributed by atoms with van der Waals surface area (Å²) in [6.45, 7) is 0. The fraction of sp³-hybridized carbons (Fsp3) is 0.0455. The number of benzene rings is 2. The first-order valence-electron chi connectivity index (χ1n) is 8.84. The predicted molar refractivity (Wildman–Crippen MR) is 109 cm³/mol. The van der Waals surface area contributed by atoms with Crippen LogP contribution in [0, 0.1) is 0 Å². The van der Waals surface area contributed by atoms with Gasteiger partial charge in [0, 0.05) is 23.3 Å². The second-order valence-electron chi connectivity index (χ2n) is 6.40. The highest BCUT2D eigenvalue weighted by molar-refractivity contribution is 5.92. The van der Waals surface area contributed by atoms with E-state index in [1.807, 2.05) is 54.6 Å². The molecule has 0 atom stereocenters. The van der Waals surface area contributed by atoms with Crippen molar-refractivity contribution in [3.8, 4) is 22.6 Å². The summed E-state index contributed by atoms with van der Waals surface area (Å²) in [6, 6.07) is 19.4. The van der Waals surface area contributed by atoms with Gasteiger partial charge in [-0.2, -0.15) is 0 Å². The van der Waals surface area contributed by atoms with Gasteiger partial charge in [-0.25, -0.2) is 9.78 Å². The van der Waals surface area contributed by atoms with E-state index >= 15 is 0 Å². The second-order valence-corrected chi connectivity index (χ2v) is 6.40. The van der Waals surface area contributed by atoms with Gasteiger partial charge in [0.2, 0.25) is 0 Å². The fourth-order valence-electron chi connectivity index (χ4n) is 3.55. The Morgan fingerprint density at radius 1 is 0.964 bits per heavy atom. The van der Waals surface area contributed by atoms with Crippen molar-refractivity contribution in [2.24, 2.45) is 0 Å². The zero-order chi connectivity index (χ0) is 19.1. The predicted octanol–water partition coefficient (Wildman–Crippen LogP) is 3.94. The maximum absolute atomic E-state index is 12.8. The largest absolute Gasteiger partial charge is 0.496 e. The first-order chi connectivity index (χ1) is 13.8. The molecule has 0 saturated heterocycles. The van der Waals surface area contributed by atoms with E-state index in [4.69, 9.17) is 4.74 Å². The minimum absolute atomic E-state index is 0.243. The van der Waals surface area contributed by atoms with Crippen molar-refractivity contribution < 1.29 is 4.74 Å². The van der Waals surface area contributed by atoms with Crippen molar-refractivity contribution in [3.05, 3.63) is 83.5 Å². The summed E-state index contributed by atoms with van der Waals surface area (Å²) in [5.41, 5.74) is 4.51. The maximum atomic E-state index is 12.8. The van der Waals surface area contributed by atoms with E-state index in [0.717, 1.165) is 33.2 Å². The van der Waals surface area contributed by atoms with Crippen LogP contribution in [0.3, 0.4) is 0 Å². The number of nitrogens with one attached hydrogen (secondary N) is 1. The molecule has 5 aromatic rings. The molecule has 3 heterocycles. The van der Waals surface area contributed by atoms with Crippen molar-refractivity contribution in [2.75, 3.05) is 7.11 Å². The Kier molecular flexibility index (Phi) is 3.69. The highest BCUT2D eigenvalue weighted by atomic mass is 16.5. The second kappa shape index (κ2) is 6.35. The molecular formula is C22H16N4O2. The first-order valence-corrected chi connectivity index (χ1v) is 8.84. The average molecular weight is 368 g/mol. The molecule has 3 aromatic heterocycles. The van der Waals surface area contributed by atoms with Gasteiger partial charge in [0.15, 0.2) is 5.65 Å². The molecule has 0 saturated carbocycles. The summed E-state index contributed by atoms with van der Waals surface area (Å²) in [5.74, 6) is 0.709. The molecule has 6 nitrogen and oxygen atoms in total. The fourth-order valence-corrected chi connectivity index (χ4v) is 3.55. The number of methoxy groups -OCH3 is 1. The number of imidazole rings is 1. The monoisotopic (exact) mass is 368 g/mol. The lowest BCUT2D eigenvalue weighted by Gasteiger charge is -2.10. The van der Waals surface area contributed by atoms with Crippen LogP contribution in [0.1, 0.15) is 0 Å². The van der Waals surface area contributed by atoms with Gasteiger partial charge in [-0.1, -0.05) is 30.3 Å². The summed E-state index contributed by atoms with van der Waals surface area (Å²) in [6.07, 6.45) is 3.41. The molecule has 0 aliphatic carbocycles. The average Bonchev–Trinajstić information content (AvgIpc) is 3.09. The third-order valence-electron chi connectivity index (χ3n) is 4.82. The highest BCUT2D eigenvalue weighted by Crippen LogP contribution is 2.30. The molecule has 0 aliphatic rings. The molecule has 0 fully saturated rings. The van der Waals surface area contributed by atoms with E-state index in [1.54, 1.807) is 30.1 Å². The molecule has 6 heteroatoms. The Balaban J connectivity index is 1.84. The van der Waals surface area contributed by atoms with Crippen molar-refractivity contribution >= 4 is 22.1 Å². The van der Waals surface area contributed by atoms with Gasteiger partial charge in [-0.15, -0.1) is 0 Å². The van der Waals surface area contributed by atoms with E-state index in [9.17, 15) is 4.79 Å². The normalized spacial score (nSPS) is 11.2. The quantitative estimate of drug-likeness (QED) is 0.524. The molecule has 2 aromatic carbocycles. The van der Waals surface area contributed by atoms with Crippen molar-refractivity contribution in [1.29, 1.82) is 0 Å². The lowest BCUT2D eigenvalue weighted by atomic mass is 10.1. The molecule has 0 unspecified atom stereocenters. The molecule has 1 N–H and O–H groups in total. The van der Waals surface area contributed by atoms with E-state index < -0.39 is 0 Å². The Hall–Kier alpha value is -3.93. The van der Waals surface area contributed by atoms with E-state index in [0.29, 0.717) is 11.4 Å². The summed E-state index contributed by atoms with van der Waals surface area (Å²) in [7, 11) is 1.62. The van der Waals surface area contributed by atoms with Crippen LogP contribution in [0.25, 0.3) is 38.9 Å². The van der Waals surface area contributed by atoms with Crippen molar-refractivity contribution in [1.82, 2.24) is 19.5 Å². The Bertz CT molecular complexity index is 1370. The minimum Gasteiger partial charge on any atom is -0.496 e. The van der Waals surface area contributed by atoms with E-state index in [2.05, 4.69) is 15.0 Å². The van der Waals surface area contributed by atoms with Crippen LogP contribution in [0.5, 0.6) is 5.75 Å². The number of nitrogens with zero attached hydrogens (tertiary/aromatic N) is 3. The Morgan fingerprint density at radius 2 is 1.79 bits per heavy atom. The van der Waals surface area contributed by atoms with Gasteiger partial charge in [0.05, 0.1) is 18.3 Å². The number of ether oxygens (including phenoxy) is 1. The van der Waals surface area contributed by atoms with Crippen molar-refractivity contribution in [2.45, 2.75) is 0 Å². The topological polar surface area (TPSA) is 72.8 Å². The summed E-state index contributed by atoms with van der Waals surface area (Å²) in [4.78, 5) is 24.4. The lowest BCUT2D eigenvalue weighted by Crippen LogP contribution is -2.14. The number of pyridine rings is 2. The molecule has 5 rings (SSSR count). The molecule has 0 spiro atoms. The SMILES string of the molecule is COc1ccnc2ccc(-n3c(=O)[nH]c4nccc(-c5ccccc5)c43)cc12. The number of aromatic amines is 1. The molecular weight excluding hydrogens is 352 g/mol. The number of H-pyrrole nitrogens is 1.